The van der Waals surface area contributed by atoms with Crippen LogP contribution in [0.4, 0.5) is 0 Å². The van der Waals surface area contributed by atoms with Gasteiger partial charge in [0, 0.05) is 6.20 Å². The molecule has 2 aromatic rings. The number of benzene rings is 1. The first-order valence-electron chi connectivity index (χ1n) is 7.26. The third-order valence-corrected chi connectivity index (χ3v) is 3.83. The lowest BCUT2D eigenvalue weighted by Crippen LogP contribution is -2.13. The number of nitrogens with two attached hydrogens (primary N) is 1. The van der Waals surface area contributed by atoms with Crippen LogP contribution < -0.4 is 10.5 Å². The second-order valence-electron chi connectivity index (χ2n) is 5.39. The molecule has 0 radical (unpaired) electrons. The molecule has 4 heteroatoms. The number of hydrogen-bond acceptors (Lipinski definition) is 3. The molecule has 0 atom stereocenters. The van der Waals surface area contributed by atoms with Crippen molar-refractivity contribution in [2.45, 2.75) is 32.3 Å². The number of fused-ring (bicyclic) bond motifs is 1. The van der Waals surface area contributed by atoms with Crippen molar-refractivity contribution in [1.29, 1.82) is 5.41 Å². The average Bonchev–Trinajstić information content (AvgIpc) is 2.53. The summed E-state index contributed by atoms with van der Waals surface area (Å²) in [5, 5.41) is 7.41. The van der Waals surface area contributed by atoms with E-state index in [0.29, 0.717) is 12.3 Å². The van der Waals surface area contributed by atoms with Gasteiger partial charge in [0.2, 0.25) is 0 Å². The summed E-state index contributed by atoms with van der Waals surface area (Å²) < 4.78 is 5.85. The van der Waals surface area contributed by atoms with Gasteiger partial charge in [0.1, 0.15) is 23.9 Å². The summed E-state index contributed by atoms with van der Waals surface area (Å²) >= 11 is 0. The molecule has 3 N–H and O–H groups in total. The first-order valence-corrected chi connectivity index (χ1v) is 7.26. The summed E-state index contributed by atoms with van der Waals surface area (Å²) in [4.78, 5) is 4.05. The van der Waals surface area contributed by atoms with Crippen LogP contribution in [0.15, 0.2) is 36.5 Å². The maximum atomic E-state index is 7.41. The van der Waals surface area contributed by atoms with E-state index < -0.39 is 0 Å². The van der Waals surface area contributed by atoms with Gasteiger partial charge in [-0.2, -0.15) is 0 Å². The molecular weight excluding hydrogens is 262 g/mol. The van der Waals surface area contributed by atoms with Crippen molar-refractivity contribution in [3.05, 3.63) is 58.9 Å². The van der Waals surface area contributed by atoms with Gasteiger partial charge in [-0.1, -0.05) is 6.07 Å². The Bertz CT molecular complexity index is 667. The van der Waals surface area contributed by atoms with E-state index in [1.807, 2.05) is 12.1 Å². The molecule has 0 saturated carbocycles. The van der Waals surface area contributed by atoms with Gasteiger partial charge in [0.05, 0.1) is 0 Å². The SMILES string of the molecule is N=C(N)c1cc(COc2ccc3c(c2)CCCC3)ccn1. The fourth-order valence-electron chi connectivity index (χ4n) is 2.68. The summed E-state index contributed by atoms with van der Waals surface area (Å²) in [5.74, 6) is 0.877. The number of hydrogen-bond donors (Lipinski definition) is 2. The highest BCUT2D eigenvalue weighted by atomic mass is 16.5. The summed E-state index contributed by atoms with van der Waals surface area (Å²) in [7, 11) is 0. The van der Waals surface area contributed by atoms with Crippen molar-refractivity contribution in [3.63, 3.8) is 0 Å². The Kier molecular flexibility index (Phi) is 3.86. The van der Waals surface area contributed by atoms with Gasteiger partial charge >= 0.3 is 0 Å². The summed E-state index contributed by atoms with van der Waals surface area (Å²) in [6.45, 7) is 0.460. The molecule has 1 aromatic carbocycles. The quantitative estimate of drug-likeness (QED) is 0.668. The van der Waals surface area contributed by atoms with E-state index in [1.165, 1.54) is 30.4 Å². The van der Waals surface area contributed by atoms with E-state index >= 15 is 0 Å². The Labute approximate surface area is 124 Å². The zero-order valence-corrected chi connectivity index (χ0v) is 11.9. The van der Waals surface area contributed by atoms with Gasteiger partial charge in [0.15, 0.2) is 0 Å². The Morgan fingerprint density at radius 1 is 1.14 bits per heavy atom. The number of pyridine rings is 1. The molecule has 4 nitrogen and oxygen atoms in total. The topological polar surface area (TPSA) is 72.0 Å². The predicted molar refractivity (Wildman–Crippen MR) is 82.7 cm³/mol. The van der Waals surface area contributed by atoms with Crippen LogP contribution in [0.2, 0.25) is 0 Å². The molecule has 108 valence electrons. The average molecular weight is 281 g/mol. The Morgan fingerprint density at radius 3 is 2.76 bits per heavy atom. The summed E-state index contributed by atoms with van der Waals surface area (Å²) in [5.41, 5.74) is 9.77. The minimum absolute atomic E-state index is 0.0226. The Hall–Kier alpha value is -2.36. The van der Waals surface area contributed by atoms with E-state index in [2.05, 4.69) is 17.1 Å². The zero-order chi connectivity index (χ0) is 14.7. The largest absolute Gasteiger partial charge is 0.489 e. The first-order chi connectivity index (χ1) is 10.2. The van der Waals surface area contributed by atoms with Gasteiger partial charge in [-0.05, 0) is 66.6 Å². The number of aromatic nitrogens is 1. The third kappa shape index (κ3) is 3.21. The minimum atomic E-state index is -0.0226. The molecule has 0 spiro atoms. The summed E-state index contributed by atoms with van der Waals surface area (Å²) in [6, 6.07) is 10.0. The molecule has 0 bridgehead atoms. The highest BCUT2D eigenvalue weighted by Gasteiger charge is 2.10. The lowest BCUT2D eigenvalue weighted by Gasteiger charge is -2.16. The number of rotatable bonds is 4. The van der Waals surface area contributed by atoms with Crippen LogP contribution in [0.1, 0.15) is 35.2 Å². The van der Waals surface area contributed by atoms with Crippen molar-refractivity contribution in [2.24, 2.45) is 5.73 Å². The van der Waals surface area contributed by atoms with Gasteiger partial charge in [0.25, 0.3) is 0 Å². The van der Waals surface area contributed by atoms with E-state index in [1.54, 1.807) is 12.3 Å². The van der Waals surface area contributed by atoms with Crippen LogP contribution in [0.25, 0.3) is 0 Å². The van der Waals surface area contributed by atoms with Crippen LogP contribution >= 0.6 is 0 Å². The van der Waals surface area contributed by atoms with Crippen molar-refractivity contribution < 1.29 is 4.74 Å². The standard InChI is InChI=1S/C17H19N3O/c18-17(19)16-9-12(7-8-20-16)11-21-15-6-5-13-3-1-2-4-14(13)10-15/h5-10H,1-4,11H2,(H3,18,19). The lowest BCUT2D eigenvalue weighted by molar-refractivity contribution is 0.305. The van der Waals surface area contributed by atoms with E-state index in [9.17, 15) is 0 Å². The van der Waals surface area contributed by atoms with Gasteiger partial charge in [-0.25, -0.2) is 0 Å². The van der Waals surface area contributed by atoms with Crippen molar-refractivity contribution >= 4 is 5.84 Å². The fraction of sp³-hybridized carbons (Fsp3) is 0.294. The molecule has 1 aliphatic rings. The first kappa shape index (κ1) is 13.6. The molecule has 0 amide bonds. The second-order valence-corrected chi connectivity index (χ2v) is 5.39. The number of nitrogens with zero attached hydrogens (tertiary/aromatic N) is 1. The molecule has 1 aromatic heterocycles. The number of nitrogen functional groups attached to an aromatic ring is 1. The number of aryl methyl sites for hydroxylation is 2. The maximum absolute atomic E-state index is 7.41. The maximum Gasteiger partial charge on any atom is 0.141 e. The van der Waals surface area contributed by atoms with Gasteiger partial charge < -0.3 is 10.5 Å². The Balaban J connectivity index is 1.70. The zero-order valence-electron chi connectivity index (χ0n) is 11.9. The second kappa shape index (κ2) is 5.95. The summed E-state index contributed by atoms with van der Waals surface area (Å²) in [6.07, 6.45) is 6.54. The number of nitrogens with one attached hydrogen (secondary N) is 1. The smallest absolute Gasteiger partial charge is 0.141 e. The van der Waals surface area contributed by atoms with Crippen molar-refractivity contribution in [3.8, 4) is 5.75 Å². The van der Waals surface area contributed by atoms with E-state index in [4.69, 9.17) is 15.9 Å². The van der Waals surface area contributed by atoms with Crippen LogP contribution in [0.5, 0.6) is 5.75 Å². The monoisotopic (exact) mass is 281 g/mol. The molecule has 0 saturated heterocycles. The minimum Gasteiger partial charge on any atom is -0.489 e. The van der Waals surface area contributed by atoms with Gasteiger partial charge in [-0.3, -0.25) is 10.4 Å². The van der Waals surface area contributed by atoms with Gasteiger partial charge in [-0.15, -0.1) is 0 Å². The molecule has 1 aliphatic carbocycles. The predicted octanol–water partition coefficient (Wildman–Crippen LogP) is 2.82. The van der Waals surface area contributed by atoms with Crippen LogP contribution in [-0.4, -0.2) is 10.8 Å². The Morgan fingerprint density at radius 2 is 1.95 bits per heavy atom. The van der Waals surface area contributed by atoms with Crippen LogP contribution in [0, 0.1) is 5.41 Å². The molecule has 0 aliphatic heterocycles. The molecule has 0 fully saturated rings. The lowest BCUT2D eigenvalue weighted by atomic mass is 9.92. The van der Waals surface area contributed by atoms with E-state index in [0.717, 1.165) is 17.7 Å². The van der Waals surface area contributed by atoms with Crippen LogP contribution in [0.3, 0.4) is 0 Å². The van der Waals surface area contributed by atoms with Crippen LogP contribution in [-0.2, 0) is 19.4 Å². The normalized spacial score (nSPS) is 13.5. The van der Waals surface area contributed by atoms with E-state index in [-0.39, 0.29) is 5.84 Å². The molecule has 21 heavy (non-hydrogen) atoms. The molecular formula is C17H19N3O. The molecule has 0 unspecified atom stereocenters. The molecule has 1 heterocycles. The number of amidine groups is 1. The molecule has 3 rings (SSSR count). The highest BCUT2D eigenvalue weighted by Crippen LogP contribution is 2.25. The highest BCUT2D eigenvalue weighted by molar-refractivity contribution is 5.93. The van der Waals surface area contributed by atoms with Crippen molar-refractivity contribution in [2.75, 3.05) is 0 Å². The number of ether oxygens (including phenoxy) is 1. The fourth-order valence-corrected chi connectivity index (χ4v) is 2.68. The van der Waals surface area contributed by atoms with Crippen molar-refractivity contribution in [1.82, 2.24) is 4.98 Å². The third-order valence-electron chi connectivity index (χ3n) is 3.83.